The third-order valence-corrected chi connectivity index (χ3v) is 3.84. The summed E-state index contributed by atoms with van der Waals surface area (Å²) in [5.74, 6) is 0.168. The van der Waals surface area contributed by atoms with E-state index < -0.39 is 11.2 Å². The molecule has 1 aliphatic rings. The lowest BCUT2D eigenvalue weighted by Crippen LogP contribution is -2.46. The van der Waals surface area contributed by atoms with E-state index in [1.807, 2.05) is 0 Å². The van der Waals surface area contributed by atoms with Gasteiger partial charge in [-0.15, -0.1) is 0 Å². The van der Waals surface area contributed by atoms with Crippen LogP contribution >= 0.6 is 0 Å². The van der Waals surface area contributed by atoms with Gasteiger partial charge in [0.15, 0.2) is 0 Å². The number of aromatic amines is 1. The van der Waals surface area contributed by atoms with Gasteiger partial charge in [-0.25, -0.2) is 4.79 Å². The third kappa shape index (κ3) is 2.37. The largest absolute Gasteiger partial charge is 0.383 e. The smallest absolute Gasteiger partial charge is 0.330 e. The highest BCUT2D eigenvalue weighted by molar-refractivity contribution is 5.60. The van der Waals surface area contributed by atoms with Crippen LogP contribution in [0.4, 0.5) is 11.5 Å². The number of rotatable bonds is 5. The fourth-order valence-corrected chi connectivity index (χ4v) is 2.35. The molecule has 7 nitrogen and oxygen atoms in total. The third-order valence-electron chi connectivity index (χ3n) is 3.84. The summed E-state index contributed by atoms with van der Waals surface area (Å²) in [5, 5.41) is 3.02. The minimum absolute atomic E-state index is 0.168. The van der Waals surface area contributed by atoms with Crippen LogP contribution in [0.5, 0.6) is 0 Å². The number of ether oxygens (including phenoxy) is 1. The zero-order chi connectivity index (χ0) is 14.0. The molecule has 0 amide bonds. The van der Waals surface area contributed by atoms with E-state index in [4.69, 9.17) is 10.5 Å². The van der Waals surface area contributed by atoms with E-state index in [0.717, 1.165) is 19.3 Å². The highest BCUT2D eigenvalue weighted by atomic mass is 16.5. The summed E-state index contributed by atoms with van der Waals surface area (Å²) < 4.78 is 6.79. The maximum Gasteiger partial charge on any atom is 0.330 e. The van der Waals surface area contributed by atoms with Crippen LogP contribution in [0.1, 0.15) is 26.2 Å². The molecule has 1 aromatic rings. The van der Waals surface area contributed by atoms with E-state index in [2.05, 4.69) is 10.3 Å². The maximum absolute atomic E-state index is 11.8. The lowest BCUT2D eigenvalue weighted by atomic mass is 9.80. The van der Waals surface area contributed by atoms with E-state index >= 15 is 0 Å². The first kappa shape index (κ1) is 13.7. The number of nitrogens with two attached hydrogens (primary N) is 1. The molecule has 0 unspecified atom stereocenters. The molecule has 0 spiro atoms. The van der Waals surface area contributed by atoms with Gasteiger partial charge in [-0.3, -0.25) is 14.3 Å². The van der Waals surface area contributed by atoms with Gasteiger partial charge in [-0.1, -0.05) is 0 Å². The van der Waals surface area contributed by atoms with E-state index in [1.54, 1.807) is 14.0 Å². The average Bonchev–Trinajstić information content (AvgIpc) is 2.32. The van der Waals surface area contributed by atoms with Crippen molar-refractivity contribution >= 4 is 11.5 Å². The van der Waals surface area contributed by atoms with Gasteiger partial charge in [-0.2, -0.15) is 0 Å². The second-order valence-corrected chi connectivity index (χ2v) is 4.86. The number of hydrogen-bond acceptors (Lipinski definition) is 5. The monoisotopic (exact) mass is 268 g/mol. The molecule has 0 aliphatic heterocycles. The van der Waals surface area contributed by atoms with Gasteiger partial charge in [0.05, 0.1) is 5.60 Å². The predicted molar refractivity (Wildman–Crippen MR) is 73.5 cm³/mol. The predicted octanol–water partition coefficient (Wildman–Crippen LogP) is 0.120. The van der Waals surface area contributed by atoms with Gasteiger partial charge in [0.25, 0.3) is 5.56 Å². The number of anilines is 2. The number of nitrogen functional groups attached to an aromatic ring is 1. The topological polar surface area (TPSA) is 102 Å². The van der Waals surface area contributed by atoms with Crippen LogP contribution in [-0.2, 0) is 11.3 Å². The molecule has 2 rings (SSSR count). The molecule has 106 valence electrons. The number of nitrogens with one attached hydrogen (secondary N) is 2. The second-order valence-electron chi connectivity index (χ2n) is 4.86. The molecule has 0 saturated heterocycles. The maximum atomic E-state index is 11.8. The van der Waals surface area contributed by atoms with Crippen LogP contribution in [0.25, 0.3) is 0 Å². The first-order valence-electron chi connectivity index (χ1n) is 6.44. The summed E-state index contributed by atoms with van der Waals surface area (Å²) in [6, 6.07) is 0. The fraction of sp³-hybridized carbons (Fsp3) is 0.667. The van der Waals surface area contributed by atoms with Crippen LogP contribution in [-0.4, -0.2) is 28.8 Å². The second kappa shape index (κ2) is 5.08. The first-order chi connectivity index (χ1) is 9.03. The number of H-pyrrole nitrogens is 1. The quantitative estimate of drug-likeness (QED) is 0.704. The molecule has 7 heteroatoms. The van der Waals surface area contributed by atoms with Crippen molar-refractivity contribution in [2.24, 2.45) is 0 Å². The number of hydrogen-bond donors (Lipinski definition) is 3. The van der Waals surface area contributed by atoms with Crippen LogP contribution in [0, 0.1) is 0 Å². The Morgan fingerprint density at radius 1 is 1.47 bits per heavy atom. The van der Waals surface area contributed by atoms with Crippen molar-refractivity contribution in [2.45, 2.75) is 38.3 Å². The Hall–Kier alpha value is -1.76. The number of nitrogens with zero attached hydrogens (tertiary/aromatic N) is 1. The van der Waals surface area contributed by atoms with Gasteiger partial charge in [0.1, 0.15) is 11.5 Å². The molecular weight excluding hydrogens is 248 g/mol. The van der Waals surface area contributed by atoms with E-state index in [1.165, 1.54) is 4.57 Å². The van der Waals surface area contributed by atoms with Gasteiger partial charge < -0.3 is 15.8 Å². The summed E-state index contributed by atoms with van der Waals surface area (Å²) in [7, 11) is 1.67. The van der Waals surface area contributed by atoms with Crippen LogP contribution in [0.2, 0.25) is 0 Å². The molecule has 0 atom stereocenters. The molecule has 4 N–H and O–H groups in total. The summed E-state index contributed by atoms with van der Waals surface area (Å²) in [6.07, 6.45) is 3.04. The average molecular weight is 268 g/mol. The summed E-state index contributed by atoms with van der Waals surface area (Å²) in [6.45, 7) is 2.71. The lowest BCUT2D eigenvalue weighted by Gasteiger charge is -2.40. The SMILES string of the molecule is CCn1c(N)c(NCC2(OC)CCC2)c(=O)[nH]c1=O. The van der Waals surface area contributed by atoms with Crippen molar-refractivity contribution < 1.29 is 4.74 Å². The van der Waals surface area contributed by atoms with Gasteiger partial charge in [-0.05, 0) is 26.2 Å². The van der Waals surface area contributed by atoms with Crippen LogP contribution in [0.3, 0.4) is 0 Å². The Balaban J connectivity index is 2.25. The van der Waals surface area contributed by atoms with Crippen molar-refractivity contribution in [3.63, 3.8) is 0 Å². The molecule has 1 heterocycles. The van der Waals surface area contributed by atoms with E-state index in [0.29, 0.717) is 13.1 Å². The highest BCUT2D eigenvalue weighted by Gasteiger charge is 2.37. The molecule has 0 radical (unpaired) electrons. The Labute approximate surface area is 110 Å². The van der Waals surface area contributed by atoms with Crippen LogP contribution in [0.15, 0.2) is 9.59 Å². The Morgan fingerprint density at radius 3 is 2.63 bits per heavy atom. The molecule has 1 aliphatic carbocycles. The molecular formula is C12H20N4O3. The summed E-state index contributed by atoms with van der Waals surface area (Å²) in [4.78, 5) is 25.6. The molecule has 19 heavy (non-hydrogen) atoms. The lowest BCUT2D eigenvalue weighted by molar-refractivity contribution is -0.0601. The van der Waals surface area contributed by atoms with Crippen LogP contribution < -0.4 is 22.3 Å². The Bertz CT molecular complexity index is 566. The van der Waals surface area contributed by atoms with Crippen molar-refractivity contribution in [3.8, 4) is 0 Å². The molecule has 1 fully saturated rings. The molecule has 1 aromatic heterocycles. The van der Waals surface area contributed by atoms with E-state index in [9.17, 15) is 9.59 Å². The summed E-state index contributed by atoms with van der Waals surface area (Å²) >= 11 is 0. The first-order valence-corrected chi connectivity index (χ1v) is 6.44. The number of aromatic nitrogens is 2. The normalized spacial score (nSPS) is 16.9. The van der Waals surface area contributed by atoms with Crippen molar-refractivity contribution in [1.29, 1.82) is 0 Å². The summed E-state index contributed by atoms with van der Waals surface area (Å²) in [5.41, 5.74) is 4.92. The molecule has 0 bridgehead atoms. The zero-order valence-electron chi connectivity index (χ0n) is 11.3. The van der Waals surface area contributed by atoms with Gasteiger partial charge in [0, 0.05) is 20.2 Å². The fourth-order valence-electron chi connectivity index (χ4n) is 2.35. The minimum Gasteiger partial charge on any atom is -0.383 e. The van der Waals surface area contributed by atoms with Gasteiger partial charge >= 0.3 is 5.69 Å². The van der Waals surface area contributed by atoms with E-state index in [-0.39, 0.29) is 17.1 Å². The molecule has 0 aromatic carbocycles. The van der Waals surface area contributed by atoms with Crippen molar-refractivity contribution in [1.82, 2.24) is 9.55 Å². The standard InChI is InChI=1S/C12H20N4O3/c1-3-16-9(13)8(10(17)15-11(16)18)14-7-12(19-2)5-4-6-12/h14H,3-7,13H2,1-2H3,(H,15,17,18). The minimum atomic E-state index is -0.488. The Morgan fingerprint density at radius 2 is 2.16 bits per heavy atom. The molecule has 1 saturated carbocycles. The van der Waals surface area contributed by atoms with Gasteiger partial charge in [0.2, 0.25) is 0 Å². The zero-order valence-corrected chi connectivity index (χ0v) is 11.3. The van der Waals surface area contributed by atoms with Crippen molar-refractivity contribution in [3.05, 3.63) is 20.8 Å². The Kier molecular flexibility index (Phi) is 3.66. The number of methoxy groups -OCH3 is 1. The van der Waals surface area contributed by atoms with Crippen molar-refractivity contribution in [2.75, 3.05) is 24.7 Å². The highest BCUT2D eigenvalue weighted by Crippen LogP contribution is 2.35.